The van der Waals surface area contributed by atoms with Crippen LogP contribution in [0.3, 0.4) is 0 Å². The number of hydrogen-bond acceptors (Lipinski definition) is 5. The average molecular weight is 318 g/mol. The first-order valence-electron chi connectivity index (χ1n) is 5.29. The van der Waals surface area contributed by atoms with Crippen molar-refractivity contribution in [3.05, 3.63) is 39.8 Å². The number of anilines is 1. The molecule has 19 heavy (non-hydrogen) atoms. The van der Waals surface area contributed by atoms with Crippen molar-refractivity contribution in [3.8, 4) is 0 Å². The van der Waals surface area contributed by atoms with E-state index in [1.54, 1.807) is 17.0 Å². The quantitative estimate of drug-likeness (QED) is 0.877. The van der Waals surface area contributed by atoms with E-state index in [4.69, 9.17) is 17.3 Å². The van der Waals surface area contributed by atoms with Crippen molar-refractivity contribution in [1.82, 2.24) is 9.29 Å². The molecule has 0 aliphatic rings. The number of nitrogens with two attached hydrogens (primary N) is 1. The Morgan fingerprint density at radius 3 is 2.84 bits per heavy atom. The van der Waals surface area contributed by atoms with Crippen LogP contribution in [-0.2, 0) is 16.6 Å². The number of halogens is 1. The third-order valence-electron chi connectivity index (χ3n) is 2.51. The Balaban J connectivity index is 2.33. The summed E-state index contributed by atoms with van der Waals surface area (Å²) in [5.41, 5.74) is 8.31. The molecule has 0 spiro atoms. The molecule has 0 atom stereocenters. The van der Waals surface area contributed by atoms with Gasteiger partial charge in [0, 0.05) is 18.1 Å². The molecular formula is C11H12ClN3O2S2. The topological polar surface area (TPSA) is 76.3 Å². The molecule has 0 bridgehead atoms. The van der Waals surface area contributed by atoms with Gasteiger partial charge >= 0.3 is 0 Å². The second kappa shape index (κ2) is 5.46. The molecule has 0 radical (unpaired) electrons. The van der Waals surface area contributed by atoms with Gasteiger partial charge in [-0.05, 0) is 18.2 Å². The minimum atomic E-state index is -3.68. The number of hydrogen-bond donors (Lipinski definition) is 1. The minimum Gasteiger partial charge on any atom is -0.399 e. The summed E-state index contributed by atoms with van der Waals surface area (Å²) in [5, 5.41) is 1.95. The van der Waals surface area contributed by atoms with E-state index in [-0.39, 0.29) is 16.5 Å². The van der Waals surface area contributed by atoms with E-state index in [0.717, 1.165) is 0 Å². The van der Waals surface area contributed by atoms with E-state index < -0.39 is 10.0 Å². The standard InChI is InChI=1S/C11H12ClN3O2S2/c1-15(5-9-6-18-7-14-9)19(16,17)11-4-8(13)2-3-10(11)12/h2-4,6-7H,5,13H2,1H3. The molecule has 0 unspecified atom stereocenters. The maximum absolute atomic E-state index is 12.4. The molecule has 0 saturated carbocycles. The van der Waals surface area contributed by atoms with Crippen molar-refractivity contribution in [2.45, 2.75) is 11.4 Å². The van der Waals surface area contributed by atoms with Gasteiger partial charge in [-0.3, -0.25) is 0 Å². The summed E-state index contributed by atoms with van der Waals surface area (Å²) in [6.07, 6.45) is 0. The third-order valence-corrected chi connectivity index (χ3v) is 5.43. The van der Waals surface area contributed by atoms with Crippen LogP contribution in [-0.4, -0.2) is 24.8 Å². The Labute approximate surface area is 120 Å². The van der Waals surface area contributed by atoms with E-state index in [1.165, 1.54) is 34.8 Å². The van der Waals surface area contributed by atoms with Crippen LogP contribution in [0.15, 0.2) is 34.0 Å². The van der Waals surface area contributed by atoms with Crippen LogP contribution in [0.4, 0.5) is 5.69 Å². The van der Waals surface area contributed by atoms with Crippen LogP contribution in [0.25, 0.3) is 0 Å². The van der Waals surface area contributed by atoms with Crippen molar-refractivity contribution in [1.29, 1.82) is 0 Å². The molecule has 0 aliphatic carbocycles. The highest BCUT2D eigenvalue weighted by Crippen LogP contribution is 2.26. The molecule has 2 N–H and O–H groups in total. The maximum Gasteiger partial charge on any atom is 0.244 e. The summed E-state index contributed by atoms with van der Waals surface area (Å²) in [6.45, 7) is 0.191. The fourth-order valence-electron chi connectivity index (χ4n) is 1.51. The second-order valence-electron chi connectivity index (χ2n) is 3.93. The smallest absolute Gasteiger partial charge is 0.244 e. The summed E-state index contributed by atoms with van der Waals surface area (Å²) in [5.74, 6) is 0. The number of thiazole rings is 1. The monoisotopic (exact) mass is 317 g/mol. The van der Waals surface area contributed by atoms with E-state index in [1.807, 2.05) is 0 Å². The fourth-order valence-corrected chi connectivity index (χ4v) is 3.71. The Bertz CT molecular complexity index is 671. The van der Waals surface area contributed by atoms with Gasteiger partial charge in [-0.25, -0.2) is 13.4 Å². The van der Waals surface area contributed by atoms with E-state index >= 15 is 0 Å². The van der Waals surface area contributed by atoms with Crippen molar-refractivity contribution in [3.63, 3.8) is 0 Å². The Morgan fingerprint density at radius 2 is 2.21 bits per heavy atom. The van der Waals surface area contributed by atoms with E-state index in [9.17, 15) is 8.42 Å². The van der Waals surface area contributed by atoms with Gasteiger partial charge in [-0.15, -0.1) is 11.3 Å². The molecule has 0 amide bonds. The van der Waals surface area contributed by atoms with Gasteiger partial charge in [0.2, 0.25) is 10.0 Å². The van der Waals surface area contributed by atoms with Gasteiger partial charge in [-0.1, -0.05) is 11.6 Å². The third kappa shape index (κ3) is 3.06. The lowest BCUT2D eigenvalue weighted by Crippen LogP contribution is -2.27. The first kappa shape index (κ1) is 14.3. The van der Waals surface area contributed by atoms with Crippen LogP contribution in [0.2, 0.25) is 5.02 Å². The number of sulfonamides is 1. The second-order valence-corrected chi connectivity index (χ2v) is 7.07. The Morgan fingerprint density at radius 1 is 1.47 bits per heavy atom. The van der Waals surface area contributed by atoms with E-state index in [2.05, 4.69) is 4.98 Å². The molecule has 0 fully saturated rings. The minimum absolute atomic E-state index is 0.00639. The summed E-state index contributed by atoms with van der Waals surface area (Å²) < 4.78 is 26.0. The van der Waals surface area contributed by atoms with Gasteiger partial charge in [-0.2, -0.15) is 4.31 Å². The molecule has 0 aliphatic heterocycles. The van der Waals surface area contributed by atoms with Crippen molar-refractivity contribution < 1.29 is 8.42 Å². The zero-order valence-electron chi connectivity index (χ0n) is 10.1. The molecule has 2 rings (SSSR count). The summed E-state index contributed by atoms with van der Waals surface area (Å²) in [4.78, 5) is 4.06. The highest BCUT2D eigenvalue weighted by molar-refractivity contribution is 7.89. The lowest BCUT2D eigenvalue weighted by molar-refractivity contribution is 0.463. The molecule has 8 heteroatoms. The molecular weight excluding hydrogens is 306 g/mol. The van der Waals surface area contributed by atoms with Gasteiger partial charge in [0.1, 0.15) is 4.90 Å². The van der Waals surface area contributed by atoms with Gasteiger partial charge in [0.25, 0.3) is 0 Å². The normalized spacial score (nSPS) is 11.9. The van der Waals surface area contributed by atoms with Gasteiger partial charge < -0.3 is 5.73 Å². The molecule has 1 aromatic carbocycles. The maximum atomic E-state index is 12.4. The summed E-state index contributed by atoms with van der Waals surface area (Å²) in [6, 6.07) is 4.39. The molecule has 102 valence electrons. The Kier molecular flexibility index (Phi) is 4.10. The van der Waals surface area contributed by atoms with Crippen molar-refractivity contribution in [2.75, 3.05) is 12.8 Å². The predicted octanol–water partition coefficient (Wildman–Crippen LogP) is 2.20. The zero-order valence-corrected chi connectivity index (χ0v) is 12.5. The number of aromatic nitrogens is 1. The average Bonchev–Trinajstić information content (AvgIpc) is 2.85. The van der Waals surface area contributed by atoms with Crippen LogP contribution in [0.1, 0.15) is 5.69 Å². The summed E-state index contributed by atoms with van der Waals surface area (Å²) >= 11 is 7.35. The first-order valence-corrected chi connectivity index (χ1v) is 8.06. The zero-order chi connectivity index (χ0) is 14.0. The van der Waals surface area contributed by atoms with Crippen LogP contribution in [0, 0.1) is 0 Å². The highest BCUT2D eigenvalue weighted by Gasteiger charge is 2.24. The Hall–Kier alpha value is -1.15. The number of rotatable bonds is 4. The first-order chi connectivity index (χ1) is 8.91. The van der Waals surface area contributed by atoms with Crippen molar-refractivity contribution in [2.24, 2.45) is 0 Å². The number of benzene rings is 1. The van der Waals surface area contributed by atoms with Gasteiger partial charge in [0.15, 0.2) is 0 Å². The largest absolute Gasteiger partial charge is 0.399 e. The molecule has 1 aromatic heterocycles. The molecule has 2 aromatic rings. The van der Waals surface area contributed by atoms with Crippen LogP contribution < -0.4 is 5.73 Å². The molecule has 5 nitrogen and oxygen atoms in total. The SMILES string of the molecule is CN(Cc1cscn1)S(=O)(=O)c1cc(N)ccc1Cl. The van der Waals surface area contributed by atoms with Gasteiger partial charge in [0.05, 0.1) is 22.8 Å². The van der Waals surface area contributed by atoms with Crippen LogP contribution >= 0.6 is 22.9 Å². The highest BCUT2D eigenvalue weighted by atomic mass is 35.5. The molecule has 1 heterocycles. The molecule has 0 saturated heterocycles. The predicted molar refractivity (Wildman–Crippen MR) is 76.6 cm³/mol. The lowest BCUT2D eigenvalue weighted by atomic mass is 10.3. The van der Waals surface area contributed by atoms with Crippen LogP contribution in [0.5, 0.6) is 0 Å². The van der Waals surface area contributed by atoms with Crippen molar-refractivity contribution >= 4 is 38.6 Å². The summed E-state index contributed by atoms with van der Waals surface area (Å²) in [7, 11) is -2.20. The number of nitrogens with zero attached hydrogens (tertiary/aromatic N) is 2. The lowest BCUT2D eigenvalue weighted by Gasteiger charge is -2.17. The fraction of sp³-hybridized carbons (Fsp3) is 0.182. The van der Waals surface area contributed by atoms with E-state index in [0.29, 0.717) is 11.4 Å². The number of nitrogen functional groups attached to an aromatic ring is 1.